The molecule has 16 heavy (non-hydrogen) atoms. The van der Waals surface area contributed by atoms with Gasteiger partial charge in [-0.3, -0.25) is 0 Å². The molecule has 0 atom stereocenters. The fourth-order valence-electron chi connectivity index (χ4n) is 1.46. The Bertz CT molecular complexity index is 456. The highest BCUT2D eigenvalue weighted by Gasteiger charge is 2.05. The molecule has 0 fully saturated rings. The Balaban J connectivity index is 2.12. The van der Waals surface area contributed by atoms with Crippen LogP contribution in [0.2, 0.25) is 0 Å². The van der Waals surface area contributed by atoms with Gasteiger partial charge in [-0.2, -0.15) is 0 Å². The van der Waals surface area contributed by atoms with Crippen molar-refractivity contribution in [2.24, 2.45) is 0 Å². The number of halogens is 1. The summed E-state index contributed by atoms with van der Waals surface area (Å²) in [7, 11) is 0. The van der Waals surface area contributed by atoms with Crippen LogP contribution < -0.4 is 10.9 Å². The zero-order valence-electron chi connectivity index (χ0n) is 8.73. The summed E-state index contributed by atoms with van der Waals surface area (Å²) in [5.41, 5.74) is 7.34. The van der Waals surface area contributed by atoms with Crippen LogP contribution in [0.15, 0.2) is 48.5 Å². The van der Waals surface area contributed by atoms with Crippen LogP contribution in [0.5, 0.6) is 0 Å². The van der Waals surface area contributed by atoms with Gasteiger partial charge in [0.05, 0.1) is 12.2 Å². The minimum atomic E-state index is 0.213. The van der Waals surface area contributed by atoms with Gasteiger partial charge in [0.1, 0.15) is 0 Å². The first-order valence-corrected chi connectivity index (χ1v) is 5.00. The molecule has 0 amide bonds. The van der Waals surface area contributed by atoms with Gasteiger partial charge in [0, 0.05) is 11.8 Å². The molecule has 0 saturated carbocycles. The van der Waals surface area contributed by atoms with Gasteiger partial charge in [-0.1, -0.05) is 40.9 Å². The van der Waals surface area contributed by atoms with Crippen LogP contribution in [0, 0.1) is 6.07 Å². The summed E-state index contributed by atoms with van der Waals surface area (Å²) in [6.45, 7) is 0.213. The van der Waals surface area contributed by atoms with Crippen molar-refractivity contribution in [3.05, 3.63) is 60.2 Å². The van der Waals surface area contributed by atoms with Crippen molar-refractivity contribution in [2.75, 3.05) is 10.9 Å². The summed E-state index contributed by atoms with van der Waals surface area (Å²) in [6, 6.07) is 17.0. The summed E-state index contributed by atoms with van der Waals surface area (Å²) < 4.78 is 13.8. The van der Waals surface area contributed by atoms with Gasteiger partial charge < -0.3 is 5.73 Å². The number of nitrogens with zero attached hydrogens (tertiary/aromatic N) is 1. The fourth-order valence-corrected chi connectivity index (χ4v) is 1.46. The molecule has 81 valence electrons. The largest absolute Gasteiger partial charge is 0.398 e. The Labute approximate surface area is 94.1 Å². The van der Waals surface area contributed by atoms with Crippen molar-refractivity contribution in [1.82, 2.24) is 0 Å². The van der Waals surface area contributed by atoms with E-state index in [1.165, 1.54) is 0 Å². The molecule has 2 aromatic rings. The normalized spacial score (nSPS) is 10.1. The van der Waals surface area contributed by atoms with Crippen LogP contribution in [-0.4, -0.2) is 0 Å². The summed E-state index contributed by atoms with van der Waals surface area (Å²) >= 11 is 0. The average Bonchev–Trinajstić information content (AvgIpc) is 2.30. The smallest absolute Gasteiger partial charge is 0.0756 e. The first-order chi connectivity index (χ1) is 7.75. The molecule has 2 rings (SSSR count). The third-order valence-corrected chi connectivity index (χ3v) is 2.25. The van der Waals surface area contributed by atoms with E-state index >= 15 is 0 Å². The molecule has 0 bridgehead atoms. The number of hydrogen-bond donors (Lipinski definition) is 1. The summed E-state index contributed by atoms with van der Waals surface area (Å²) in [5.74, 6) is 0. The van der Waals surface area contributed by atoms with Gasteiger partial charge >= 0.3 is 0 Å². The molecule has 0 spiro atoms. The minimum Gasteiger partial charge on any atom is -0.398 e. The summed E-state index contributed by atoms with van der Waals surface area (Å²) in [4.78, 5) is 0. The van der Waals surface area contributed by atoms with Gasteiger partial charge in [0.25, 0.3) is 0 Å². The predicted molar refractivity (Wildman–Crippen MR) is 63.4 cm³/mol. The molecule has 0 aliphatic heterocycles. The van der Waals surface area contributed by atoms with Crippen molar-refractivity contribution in [3.8, 4) is 0 Å². The van der Waals surface area contributed by atoms with Crippen molar-refractivity contribution in [2.45, 2.75) is 6.54 Å². The minimum absolute atomic E-state index is 0.213. The zero-order valence-corrected chi connectivity index (χ0v) is 8.73. The number of hydrogen-bond acceptors (Lipinski definition) is 2. The van der Waals surface area contributed by atoms with E-state index in [-0.39, 0.29) is 6.54 Å². The Morgan fingerprint density at radius 3 is 2.62 bits per heavy atom. The first kappa shape index (κ1) is 10.5. The third-order valence-electron chi connectivity index (χ3n) is 2.25. The third kappa shape index (κ3) is 2.51. The van der Waals surface area contributed by atoms with Gasteiger partial charge in [-0.05, 0) is 17.7 Å². The van der Waals surface area contributed by atoms with Crippen molar-refractivity contribution in [1.29, 1.82) is 0 Å². The highest BCUT2D eigenvalue weighted by molar-refractivity contribution is 5.53. The van der Waals surface area contributed by atoms with E-state index in [0.717, 1.165) is 5.56 Å². The molecule has 0 aliphatic rings. The maximum absolute atomic E-state index is 13.8. The van der Waals surface area contributed by atoms with Gasteiger partial charge in [0.2, 0.25) is 0 Å². The topological polar surface area (TPSA) is 29.3 Å². The van der Waals surface area contributed by atoms with Gasteiger partial charge in [-0.25, -0.2) is 5.12 Å². The Morgan fingerprint density at radius 2 is 1.94 bits per heavy atom. The zero-order chi connectivity index (χ0) is 11.4. The lowest BCUT2D eigenvalue weighted by molar-refractivity contribution is 0.430. The lowest BCUT2D eigenvalue weighted by atomic mass is 10.2. The van der Waals surface area contributed by atoms with Crippen LogP contribution in [0.3, 0.4) is 0 Å². The Kier molecular flexibility index (Phi) is 3.05. The second-order valence-electron chi connectivity index (χ2n) is 3.51. The Morgan fingerprint density at radius 1 is 1.19 bits per heavy atom. The lowest BCUT2D eigenvalue weighted by Crippen LogP contribution is -2.11. The van der Waals surface area contributed by atoms with E-state index in [1.807, 2.05) is 30.3 Å². The maximum atomic E-state index is 13.8. The molecule has 0 aliphatic carbocycles. The van der Waals surface area contributed by atoms with Crippen LogP contribution >= 0.6 is 0 Å². The molecule has 2 nitrogen and oxygen atoms in total. The van der Waals surface area contributed by atoms with E-state index in [4.69, 9.17) is 5.73 Å². The van der Waals surface area contributed by atoms with Crippen molar-refractivity contribution < 1.29 is 4.48 Å². The number of rotatable bonds is 3. The summed E-state index contributed by atoms with van der Waals surface area (Å²) in [6.07, 6.45) is 0. The van der Waals surface area contributed by atoms with Crippen LogP contribution in [0.1, 0.15) is 5.56 Å². The molecule has 0 aromatic heterocycles. The van der Waals surface area contributed by atoms with Gasteiger partial charge in [0.15, 0.2) is 0 Å². The molecule has 0 unspecified atom stereocenters. The lowest BCUT2D eigenvalue weighted by Gasteiger charge is -2.14. The Hall–Kier alpha value is -2.03. The maximum Gasteiger partial charge on any atom is 0.0756 e. The molecular formula is C13H12FN2. The van der Waals surface area contributed by atoms with Crippen LogP contribution in [0.25, 0.3) is 0 Å². The molecule has 0 saturated heterocycles. The molecule has 3 heteroatoms. The standard InChI is InChI=1S/C13H12FN2/c14-16(10-11-5-2-1-3-6-11)13-8-4-7-12(15)9-13/h1-6,8-9H,10,15H2. The average molecular weight is 215 g/mol. The second-order valence-corrected chi connectivity index (χ2v) is 3.51. The highest BCUT2D eigenvalue weighted by Crippen LogP contribution is 2.19. The van der Waals surface area contributed by atoms with Crippen molar-refractivity contribution >= 4 is 11.4 Å². The fraction of sp³-hybridized carbons (Fsp3) is 0.0769. The van der Waals surface area contributed by atoms with Crippen molar-refractivity contribution in [3.63, 3.8) is 0 Å². The number of benzene rings is 2. The van der Waals surface area contributed by atoms with E-state index in [9.17, 15) is 4.48 Å². The highest BCUT2D eigenvalue weighted by atomic mass is 19.2. The van der Waals surface area contributed by atoms with E-state index in [0.29, 0.717) is 16.5 Å². The molecule has 2 aromatic carbocycles. The molecule has 1 radical (unpaired) electrons. The second kappa shape index (κ2) is 4.66. The number of anilines is 2. The monoisotopic (exact) mass is 215 g/mol. The molecule has 0 heterocycles. The van der Waals surface area contributed by atoms with Gasteiger partial charge in [-0.15, -0.1) is 0 Å². The number of nitrogen functional groups attached to an aromatic ring is 1. The summed E-state index contributed by atoms with van der Waals surface area (Å²) in [5, 5.41) is 0.666. The van der Waals surface area contributed by atoms with Crippen LogP contribution in [-0.2, 0) is 6.54 Å². The van der Waals surface area contributed by atoms with E-state index in [1.54, 1.807) is 18.2 Å². The molecule has 2 N–H and O–H groups in total. The quantitative estimate of drug-likeness (QED) is 0.630. The van der Waals surface area contributed by atoms with E-state index in [2.05, 4.69) is 6.07 Å². The first-order valence-electron chi connectivity index (χ1n) is 5.00. The van der Waals surface area contributed by atoms with Crippen LogP contribution in [0.4, 0.5) is 15.9 Å². The predicted octanol–water partition coefficient (Wildman–Crippen LogP) is 2.96. The SMILES string of the molecule is Nc1[c]ccc(N(F)Cc2ccccc2)c1. The molecular weight excluding hydrogens is 203 g/mol. The van der Waals surface area contributed by atoms with E-state index < -0.39 is 0 Å². The number of nitrogens with two attached hydrogens (primary N) is 1.